The summed E-state index contributed by atoms with van der Waals surface area (Å²) in [6.07, 6.45) is -3.60. The van der Waals surface area contributed by atoms with Gasteiger partial charge >= 0.3 is 11.9 Å². The number of nitro groups is 1. The maximum Gasteiger partial charge on any atom is 0.418 e. The molecular weight excluding hydrogens is 375 g/mol. The molecule has 2 N–H and O–H groups in total. The van der Waals surface area contributed by atoms with E-state index in [-0.39, 0.29) is 17.3 Å². The summed E-state index contributed by atoms with van der Waals surface area (Å²) in [7, 11) is 0. The molecule has 0 atom stereocenters. The van der Waals surface area contributed by atoms with Crippen LogP contribution in [0.15, 0.2) is 54.9 Å². The van der Waals surface area contributed by atoms with Crippen LogP contribution in [-0.4, -0.2) is 14.9 Å². The summed E-state index contributed by atoms with van der Waals surface area (Å²) in [5.41, 5.74) is -0.490. The third-order valence-corrected chi connectivity index (χ3v) is 3.89. The van der Waals surface area contributed by atoms with E-state index in [1.165, 1.54) is 18.2 Å². The fraction of sp³-hybridized carbons (Fsp3) is 0.111. The van der Waals surface area contributed by atoms with E-state index in [9.17, 15) is 23.3 Å². The van der Waals surface area contributed by atoms with Crippen molar-refractivity contribution < 1.29 is 18.1 Å². The number of rotatable bonds is 5. The van der Waals surface area contributed by atoms with E-state index in [0.717, 1.165) is 18.0 Å². The second-order valence-electron chi connectivity index (χ2n) is 5.78. The van der Waals surface area contributed by atoms with Crippen molar-refractivity contribution in [2.45, 2.75) is 13.1 Å². The van der Waals surface area contributed by atoms with Crippen LogP contribution in [0.25, 0.3) is 0 Å². The average Bonchev–Trinajstić information content (AvgIpc) is 2.63. The van der Waals surface area contributed by atoms with Gasteiger partial charge in [-0.25, -0.2) is 9.97 Å². The fourth-order valence-corrected chi connectivity index (χ4v) is 2.54. The topological polar surface area (TPSA) is 93.0 Å². The predicted molar refractivity (Wildman–Crippen MR) is 97.9 cm³/mol. The van der Waals surface area contributed by atoms with Crippen molar-refractivity contribution in [1.29, 1.82) is 0 Å². The summed E-state index contributed by atoms with van der Waals surface area (Å²) in [5, 5.41) is 16.9. The molecule has 7 nitrogen and oxygen atoms in total. The molecule has 1 aromatic heterocycles. The number of nitrogens with one attached hydrogen (secondary N) is 2. The molecule has 0 aliphatic carbocycles. The van der Waals surface area contributed by atoms with E-state index in [4.69, 9.17) is 0 Å². The lowest BCUT2D eigenvalue weighted by molar-refractivity contribution is -0.383. The van der Waals surface area contributed by atoms with E-state index in [2.05, 4.69) is 20.6 Å². The van der Waals surface area contributed by atoms with Gasteiger partial charge in [-0.15, -0.1) is 0 Å². The Morgan fingerprint density at radius 2 is 1.46 bits per heavy atom. The zero-order valence-corrected chi connectivity index (χ0v) is 14.5. The Kier molecular flexibility index (Phi) is 5.12. The Morgan fingerprint density at radius 1 is 0.929 bits per heavy atom. The Bertz CT molecular complexity index is 1020. The highest BCUT2D eigenvalue weighted by atomic mass is 19.4. The molecule has 0 aliphatic rings. The molecular formula is C18H14F3N5O2. The Balaban J connectivity index is 2.04. The minimum atomic E-state index is -4.63. The smallest absolute Gasteiger partial charge is 0.334 e. The van der Waals surface area contributed by atoms with E-state index in [1.54, 1.807) is 31.2 Å². The molecule has 28 heavy (non-hydrogen) atoms. The molecule has 1 heterocycles. The zero-order chi connectivity index (χ0) is 20.3. The van der Waals surface area contributed by atoms with Gasteiger partial charge in [0.2, 0.25) is 11.6 Å². The van der Waals surface area contributed by atoms with Gasteiger partial charge in [-0.1, -0.05) is 30.3 Å². The first-order valence-corrected chi connectivity index (χ1v) is 8.02. The van der Waals surface area contributed by atoms with Crippen molar-refractivity contribution in [3.05, 3.63) is 76.1 Å². The summed E-state index contributed by atoms with van der Waals surface area (Å²) >= 11 is 0. The minimum absolute atomic E-state index is 0.138. The molecule has 0 amide bonds. The van der Waals surface area contributed by atoms with E-state index in [0.29, 0.717) is 5.69 Å². The Labute approximate surface area is 157 Å². The quantitative estimate of drug-likeness (QED) is 0.460. The van der Waals surface area contributed by atoms with Crippen LogP contribution < -0.4 is 10.6 Å². The molecule has 144 valence electrons. The standard InChI is InChI=1S/C18H14F3N5O2/c1-11-6-2-4-8-13(11)24-16-15(26(27)28)17(23-10-22-16)25-14-9-5-3-7-12(14)18(19,20)21/h2-10H,1H3,(H2,22,23,24,25). The third-order valence-electron chi connectivity index (χ3n) is 3.89. The maximum absolute atomic E-state index is 13.2. The van der Waals surface area contributed by atoms with Crippen LogP contribution in [0.5, 0.6) is 0 Å². The average molecular weight is 389 g/mol. The van der Waals surface area contributed by atoms with Crippen LogP contribution in [-0.2, 0) is 6.18 Å². The molecule has 0 spiro atoms. The molecule has 0 unspecified atom stereocenters. The number of anilines is 4. The molecule has 0 saturated carbocycles. The normalized spacial score (nSPS) is 11.1. The molecule has 0 bridgehead atoms. The molecule has 0 fully saturated rings. The van der Waals surface area contributed by atoms with Gasteiger partial charge in [-0.05, 0) is 30.7 Å². The van der Waals surface area contributed by atoms with Crippen LogP contribution in [0, 0.1) is 17.0 Å². The highest BCUT2D eigenvalue weighted by molar-refractivity contribution is 5.78. The first kappa shape index (κ1) is 19.1. The first-order valence-electron chi connectivity index (χ1n) is 8.02. The fourth-order valence-electron chi connectivity index (χ4n) is 2.54. The first-order chi connectivity index (χ1) is 13.3. The second-order valence-corrected chi connectivity index (χ2v) is 5.78. The van der Waals surface area contributed by atoms with E-state index < -0.39 is 22.4 Å². The summed E-state index contributed by atoms with van der Waals surface area (Å²) in [5.74, 6) is -0.492. The molecule has 0 aliphatic heterocycles. The van der Waals surface area contributed by atoms with Crippen molar-refractivity contribution >= 4 is 28.7 Å². The van der Waals surface area contributed by atoms with Crippen LogP contribution in [0.2, 0.25) is 0 Å². The van der Waals surface area contributed by atoms with Crippen LogP contribution >= 0.6 is 0 Å². The van der Waals surface area contributed by atoms with E-state index >= 15 is 0 Å². The lowest BCUT2D eigenvalue weighted by Crippen LogP contribution is -2.11. The van der Waals surface area contributed by atoms with E-state index in [1.807, 2.05) is 0 Å². The predicted octanol–water partition coefficient (Wildman–Crippen LogP) is 5.20. The van der Waals surface area contributed by atoms with Gasteiger partial charge in [0.25, 0.3) is 0 Å². The maximum atomic E-state index is 13.2. The molecule has 10 heteroatoms. The largest absolute Gasteiger partial charge is 0.418 e. The number of para-hydroxylation sites is 2. The number of alkyl halides is 3. The third kappa shape index (κ3) is 4.00. The number of halogens is 3. The van der Waals surface area contributed by atoms with Gasteiger partial charge in [0.1, 0.15) is 6.33 Å². The molecule has 3 aromatic rings. The molecule has 3 rings (SSSR count). The van der Waals surface area contributed by atoms with Crippen LogP contribution in [0.1, 0.15) is 11.1 Å². The molecule has 0 radical (unpaired) electrons. The van der Waals surface area contributed by atoms with Crippen molar-refractivity contribution in [3.8, 4) is 0 Å². The van der Waals surface area contributed by atoms with Crippen molar-refractivity contribution in [3.63, 3.8) is 0 Å². The highest BCUT2D eigenvalue weighted by Gasteiger charge is 2.34. The van der Waals surface area contributed by atoms with Gasteiger partial charge in [0.05, 0.1) is 16.2 Å². The second kappa shape index (κ2) is 7.51. The highest BCUT2D eigenvalue weighted by Crippen LogP contribution is 2.38. The molecule has 0 saturated heterocycles. The number of benzene rings is 2. The Hall–Kier alpha value is -3.69. The Morgan fingerprint density at radius 3 is 2.04 bits per heavy atom. The zero-order valence-electron chi connectivity index (χ0n) is 14.5. The number of nitrogens with zero attached hydrogens (tertiary/aromatic N) is 3. The SMILES string of the molecule is Cc1ccccc1Nc1ncnc(Nc2ccccc2C(F)(F)F)c1[N+](=O)[O-]. The lowest BCUT2D eigenvalue weighted by atomic mass is 10.1. The summed E-state index contributed by atoms with van der Waals surface area (Å²) < 4.78 is 39.6. The van der Waals surface area contributed by atoms with Crippen molar-refractivity contribution in [2.24, 2.45) is 0 Å². The number of aryl methyl sites for hydroxylation is 1. The summed E-state index contributed by atoms with van der Waals surface area (Å²) in [6, 6.07) is 11.7. The van der Waals surface area contributed by atoms with Gasteiger partial charge in [-0.2, -0.15) is 13.2 Å². The number of aromatic nitrogens is 2. The van der Waals surface area contributed by atoms with Crippen LogP contribution in [0.4, 0.5) is 41.9 Å². The summed E-state index contributed by atoms with van der Waals surface area (Å²) in [6.45, 7) is 1.80. The van der Waals surface area contributed by atoms with Gasteiger partial charge in [0, 0.05) is 5.69 Å². The lowest BCUT2D eigenvalue weighted by Gasteiger charge is -2.15. The number of hydrogen-bond donors (Lipinski definition) is 2. The van der Waals surface area contributed by atoms with Crippen molar-refractivity contribution in [1.82, 2.24) is 9.97 Å². The monoisotopic (exact) mass is 389 g/mol. The van der Waals surface area contributed by atoms with Gasteiger partial charge < -0.3 is 10.6 Å². The van der Waals surface area contributed by atoms with Gasteiger partial charge in [-0.3, -0.25) is 10.1 Å². The van der Waals surface area contributed by atoms with Crippen LogP contribution in [0.3, 0.4) is 0 Å². The summed E-state index contributed by atoms with van der Waals surface area (Å²) in [4.78, 5) is 18.5. The molecule has 2 aromatic carbocycles. The van der Waals surface area contributed by atoms with Gasteiger partial charge in [0.15, 0.2) is 0 Å². The number of hydrogen-bond acceptors (Lipinski definition) is 6. The van der Waals surface area contributed by atoms with Crippen molar-refractivity contribution in [2.75, 3.05) is 10.6 Å². The minimum Gasteiger partial charge on any atom is -0.334 e.